The van der Waals surface area contributed by atoms with Gasteiger partial charge in [0.25, 0.3) is 5.91 Å². The number of hydrogen-bond donors (Lipinski definition) is 2. The van der Waals surface area contributed by atoms with Crippen LogP contribution in [-0.2, 0) is 17.9 Å². The van der Waals surface area contributed by atoms with E-state index in [0.29, 0.717) is 12.5 Å². The van der Waals surface area contributed by atoms with Crippen molar-refractivity contribution < 1.29 is 14.6 Å². The van der Waals surface area contributed by atoms with Gasteiger partial charge in [-0.25, -0.2) is 0 Å². The third-order valence-electron chi connectivity index (χ3n) is 6.00. The van der Waals surface area contributed by atoms with E-state index in [-0.39, 0.29) is 12.0 Å². The molecule has 0 aromatic heterocycles. The molecule has 2 aromatic carbocycles. The van der Waals surface area contributed by atoms with E-state index >= 15 is 0 Å². The first kappa shape index (κ1) is 23.3. The predicted molar refractivity (Wildman–Crippen MR) is 124 cm³/mol. The largest absolute Gasteiger partial charge is 0.481 e. The van der Waals surface area contributed by atoms with Crippen molar-refractivity contribution in [1.82, 2.24) is 10.2 Å². The number of hydrogen-bond acceptors (Lipinski definition) is 4. The number of aliphatic hydroxyl groups is 1. The molecule has 1 saturated heterocycles. The number of nitrogens with one attached hydrogen (secondary N) is 1. The molecule has 1 aliphatic heterocycles. The van der Waals surface area contributed by atoms with Crippen molar-refractivity contribution in [2.75, 3.05) is 13.1 Å². The monoisotopic (exact) mass is 424 g/mol. The number of rotatable bonds is 8. The van der Waals surface area contributed by atoms with Crippen LogP contribution in [0, 0.1) is 6.92 Å². The summed E-state index contributed by atoms with van der Waals surface area (Å²) in [6, 6.07) is 14.4. The Hall–Kier alpha value is -2.37. The van der Waals surface area contributed by atoms with Crippen molar-refractivity contribution in [2.24, 2.45) is 0 Å². The number of amides is 1. The quantitative estimate of drug-likeness (QED) is 0.668. The van der Waals surface area contributed by atoms with Crippen LogP contribution in [0.25, 0.3) is 0 Å². The molecule has 0 saturated carbocycles. The highest BCUT2D eigenvalue weighted by atomic mass is 16.5. The van der Waals surface area contributed by atoms with Crippen molar-refractivity contribution in [1.29, 1.82) is 0 Å². The van der Waals surface area contributed by atoms with Crippen molar-refractivity contribution in [3.05, 3.63) is 64.7 Å². The molecule has 2 N–H and O–H groups in total. The van der Waals surface area contributed by atoms with Gasteiger partial charge in [-0.1, -0.05) is 44.2 Å². The van der Waals surface area contributed by atoms with Crippen LogP contribution in [0.4, 0.5) is 0 Å². The van der Waals surface area contributed by atoms with E-state index in [2.05, 4.69) is 61.3 Å². The van der Waals surface area contributed by atoms with Crippen molar-refractivity contribution in [3.63, 3.8) is 0 Å². The summed E-state index contributed by atoms with van der Waals surface area (Å²) in [5.41, 5.74) is 4.80. The molecule has 1 heterocycles. The standard InChI is InChI=1S/C26H36N2O3/c1-18(2)25-10-9-24(15-19(25)3)31-20(4)26(30)27-16-21-5-7-22(8-6-21)17-28-13-11-23(29)12-14-28/h5-10,15,18,20,23,29H,11-14,16-17H2,1-4H3,(H,27,30). The Kier molecular flexibility index (Phi) is 8.10. The molecule has 3 rings (SSSR count). The van der Waals surface area contributed by atoms with Crippen LogP contribution in [0.2, 0.25) is 0 Å². The lowest BCUT2D eigenvalue weighted by Gasteiger charge is -2.29. The SMILES string of the molecule is Cc1cc(OC(C)C(=O)NCc2ccc(CN3CCC(O)CC3)cc2)ccc1C(C)C. The summed E-state index contributed by atoms with van der Waals surface area (Å²) >= 11 is 0. The van der Waals surface area contributed by atoms with E-state index in [1.807, 2.05) is 12.1 Å². The second kappa shape index (κ2) is 10.8. The highest BCUT2D eigenvalue weighted by Crippen LogP contribution is 2.24. The number of nitrogens with zero attached hydrogens (tertiary/aromatic N) is 1. The third-order valence-corrected chi connectivity index (χ3v) is 6.00. The Bertz CT molecular complexity index is 855. The maximum Gasteiger partial charge on any atom is 0.261 e. The smallest absolute Gasteiger partial charge is 0.261 e. The van der Waals surface area contributed by atoms with E-state index < -0.39 is 6.10 Å². The Balaban J connectivity index is 1.46. The van der Waals surface area contributed by atoms with E-state index in [0.717, 1.165) is 43.8 Å². The highest BCUT2D eigenvalue weighted by Gasteiger charge is 2.17. The van der Waals surface area contributed by atoms with Gasteiger partial charge in [0, 0.05) is 26.2 Å². The van der Waals surface area contributed by atoms with Crippen LogP contribution in [-0.4, -0.2) is 41.2 Å². The van der Waals surface area contributed by atoms with Gasteiger partial charge in [0.05, 0.1) is 6.10 Å². The second-order valence-corrected chi connectivity index (χ2v) is 8.97. The number of carbonyl (C=O) groups is 1. The highest BCUT2D eigenvalue weighted by molar-refractivity contribution is 5.80. The molecule has 0 radical (unpaired) electrons. The topological polar surface area (TPSA) is 61.8 Å². The molecular formula is C26H36N2O3. The minimum Gasteiger partial charge on any atom is -0.481 e. The first-order valence-electron chi connectivity index (χ1n) is 11.3. The van der Waals surface area contributed by atoms with Crippen LogP contribution < -0.4 is 10.1 Å². The van der Waals surface area contributed by atoms with Gasteiger partial charge in [-0.2, -0.15) is 0 Å². The Labute approximate surface area is 186 Å². The van der Waals surface area contributed by atoms with Crippen LogP contribution in [0.15, 0.2) is 42.5 Å². The van der Waals surface area contributed by atoms with E-state index in [1.165, 1.54) is 16.7 Å². The molecule has 0 bridgehead atoms. The van der Waals surface area contributed by atoms with Gasteiger partial charge in [-0.05, 0) is 67.0 Å². The Morgan fingerprint density at radius 2 is 1.74 bits per heavy atom. The zero-order chi connectivity index (χ0) is 22.4. The minimum absolute atomic E-state index is 0.124. The third kappa shape index (κ3) is 6.81. The summed E-state index contributed by atoms with van der Waals surface area (Å²) in [4.78, 5) is 14.8. The van der Waals surface area contributed by atoms with Crippen LogP contribution in [0.3, 0.4) is 0 Å². The summed E-state index contributed by atoms with van der Waals surface area (Å²) in [6.07, 6.45) is 1.01. The zero-order valence-electron chi connectivity index (χ0n) is 19.2. The van der Waals surface area contributed by atoms with E-state index in [4.69, 9.17) is 4.74 Å². The van der Waals surface area contributed by atoms with E-state index in [9.17, 15) is 9.90 Å². The van der Waals surface area contributed by atoms with Gasteiger partial charge in [0.2, 0.25) is 0 Å². The number of likely N-dealkylation sites (tertiary alicyclic amines) is 1. The van der Waals surface area contributed by atoms with Gasteiger partial charge in [0.15, 0.2) is 6.10 Å². The number of ether oxygens (including phenoxy) is 1. The van der Waals surface area contributed by atoms with Gasteiger partial charge in [0.1, 0.15) is 5.75 Å². The van der Waals surface area contributed by atoms with Crippen molar-refractivity contribution >= 4 is 5.91 Å². The predicted octanol–water partition coefficient (Wildman–Crippen LogP) is 4.16. The van der Waals surface area contributed by atoms with Gasteiger partial charge in [-0.15, -0.1) is 0 Å². The first-order valence-corrected chi connectivity index (χ1v) is 11.3. The fourth-order valence-electron chi connectivity index (χ4n) is 4.06. The number of piperidine rings is 1. The molecule has 1 unspecified atom stereocenters. The summed E-state index contributed by atoms with van der Waals surface area (Å²) in [5.74, 6) is 1.06. The maximum atomic E-state index is 12.5. The number of carbonyl (C=O) groups excluding carboxylic acids is 1. The minimum atomic E-state index is -0.557. The average molecular weight is 425 g/mol. The molecule has 1 fully saturated rings. The molecule has 5 nitrogen and oxygen atoms in total. The lowest BCUT2D eigenvalue weighted by Crippen LogP contribution is -2.36. The number of aliphatic hydroxyl groups excluding tert-OH is 1. The van der Waals surface area contributed by atoms with Gasteiger partial charge >= 0.3 is 0 Å². The average Bonchev–Trinajstić information content (AvgIpc) is 2.74. The fraction of sp³-hybridized carbons (Fsp3) is 0.500. The molecule has 5 heteroatoms. The van der Waals surface area contributed by atoms with Crippen LogP contribution in [0.1, 0.15) is 61.8 Å². The normalized spacial score (nSPS) is 16.3. The summed E-state index contributed by atoms with van der Waals surface area (Å²) in [5, 5.41) is 12.6. The molecule has 1 amide bonds. The number of aryl methyl sites for hydroxylation is 1. The molecule has 0 aliphatic carbocycles. The van der Waals surface area contributed by atoms with E-state index in [1.54, 1.807) is 6.92 Å². The molecule has 31 heavy (non-hydrogen) atoms. The lowest BCUT2D eigenvalue weighted by atomic mass is 9.98. The second-order valence-electron chi connectivity index (χ2n) is 8.97. The van der Waals surface area contributed by atoms with Gasteiger partial charge in [-0.3, -0.25) is 9.69 Å². The van der Waals surface area contributed by atoms with Crippen molar-refractivity contribution in [2.45, 2.75) is 71.8 Å². The summed E-state index contributed by atoms with van der Waals surface area (Å²) in [7, 11) is 0. The zero-order valence-corrected chi connectivity index (χ0v) is 19.2. The first-order chi connectivity index (χ1) is 14.8. The fourth-order valence-corrected chi connectivity index (χ4v) is 4.06. The Morgan fingerprint density at radius 3 is 2.35 bits per heavy atom. The maximum absolute atomic E-state index is 12.5. The molecule has 0 spiro atoms. The Morgan fingerprint density at radius 1 is 1.10 bits per heavy atom. The summed E-state index contributed by atoms with van der Waals surface area (Å²) < 4.78 is 5.86. The number of benzene rings is 2. The summed E-state index contributed by atoms with van der Waals surface area (Å²) in [6.45, 7) is 11.5. The molecule has 2 aromatic rings. The van der Waals surface area contributed by atoms with Crippen LogP contribution >= 0.6 is 0 Å². The molecule has 1 atom stereocenters. The molecular weight excluding hydrogens is 388 g/mol. The lowest BCUT2D eigenvalue weighted by molar-refractivity contribution is -0.127. The molecule has 168 valence electrons. The molecule has 1 aliphatic rings. The van der Waals surface area contributed by atoms with Gasteiger partial charge < -0.3 is 15.2 Å². The van der Waals surface area contributed by atoms with Crippen molar-refractivity contribution in [3.8, 4) is 5.75 Å². The van der Waals surface area contributed by atoms with Crippen LogP contribution in [0.5, 0.6) is 5.75 Å².